The van der Waals surface area contributed by atoms with Gasteiger partial charge < -0.3 is 10.2 Å². The second kappa shape index (κ2) is 6.60. The van der Waals surface area contributed by atoms with E-state index in [1.165, 1.54) is 27.7 Å². The smallest absolute Gasteiger partial charge is 0.236 e. The molecule has 2 aromatic heterocycles. The Morgan fingerprint density at radius 2 is 2.16 bits per heavy atom. The van der Waals surface area contributed by atoms with Gasteiger partial charge in [-0.2, -0.15) is 4.52 Å². The second-order valence-corrected chi connectivity index (χ2v) is 6.89. The number of anilines is 1. The van der Waals surface area contributed by atoms with E-state index >= 15 is 0 Å². The van der Waals surface area contributed by atoms with Crippen molar-refractivity contribution in [3.8, 4) is 0 Å². The predicted molar refractivity (Wildman–Crippen MR) is 92.1 cm³/mol. The molecule has 1 N–H and O–H groups in total. The normalized spacial score (nSPS) is 17.4. The highest BCUT2D eigenvalue weighted by molar-refractivity contribution is 7.20. The molecule has 0 saturated carbocycles. The molecule has 0 radical (unpaired) electrons. The maximum absolute atomic E-state index is 12.4. The van der Waals surface area contributed by atoms with Crippen LogP contribution in [-0.2, 0) is 16.0 Å². The molecule has 1 atom stereocenters. The molecule has 25 heavy (non-hydrogen) atoms. The lowest BCUT2D eigenvalue weighted by molar-refractivity contribution is -0.128. The quantitative estimate of drug-likeness (QED) is 0.742. The first kappa shape index (κ1) is 15.7. The van der Waals surface area contributed by atoms with Gasteiger partial charge in [-0.25, -0.2) is 0 Å². The van der Waals surface area contributed by atoms with Crippen LogP contribution in [-0.4, -0.2) is 49.6 Å². The lowest BCUT2D eigenvalue weighted by atomic mass is 10.1. The minimum Gasteiger partial charge on any atom is -0.342 e. The molecule has 128 valence electrons. The molecule has 0 aliphatic carbocycles. The first-order valence-electron chi connectivity index (χ1n) is 7.98. The number of carbonyl (C=O) groups excluding carboxylic acids is 2. The molecule has 0 spiro atoms. The Morgan fingerprint density at radius 3 is 2.96 bits per heavy atom. The molecular weight excluding hydrogens is 340 g/mol. The highest BCUT2D eigenvalue weighted by Crippen LogP contribution is 2.22. The molecule has 3 aromatic rings. The van der Waals surface area contributed by atoms with Crippen LogP contribution in [0.3, 0.4) is 0 Å². The number of nitrogens with one attached hydrogen (secondary N) is 1. The van der Waals surface area contributed by atoms with Crippen molar-refractivity contribution in [3.63, 3.8) is 0 Å². The van der Waals surface area contributed by atoms with Gasteiger partial charge in [-0.05, 0) is 12.0 Å². The number of nitrogens with zero attached hydrogens (tertiary/aromatic N) is 5. The number of hydrogen-bond donors (Lipinski definition) is 1. The Labute approximate surface area is 147 Å². The van der Waals surface area contributed by atoms with Gasteiger partial charge >= 0.3 is 0 Å². The molecule has 2 amide bonds. The molecular formula is C16H16N6O2S. The summed E-state index contributed by atoms with van der Waals surface area (Å²) in [5.74, 6) is -0.507. The van der Waals surface area contributed by atoms with Gasteiger partial charge in [0, 0.05) is 19.5 Å². The highest BCUT2D eigenvalue weighted by Gasteiger charge is 2.34. The number of fused-ring (bicyclic) bond motifs is 1. The number of aromatic nitrogens is 4. The molecule has 1 saturated heterocycles. The number of amides is 2. The second-order valence-electron chi connectivity index (χ2n) is 5.93. The Hall–Kier alpha value is -2.81. The molecule has 1 aliphatic heterocycles. The van der Waals surface area contributed by atoms with E-state index in [-0.39, 0.29) is 24.2 Å². The van der Waals surface area contributed by atoms with Crippen LogP contribution in [0.15, 0.2) is 36.7 Å². The fourth-order valence-electron chi connectivity index (χ4n) is 2.89. The van der Waals surface area contributed by atoms with Crippen LogP contribution in [0.25, 0.3) is 4.96 Å². The van der Waals surface area contributed by atoms with Gasteiger partial charge in [0.2, 0.25) is 21.9 Å². The zero-order valence-corrected chi connectivity index (χ0v) is 14.1. The first-order chi connectivity index (χ1) is 12.2. The fourth-order valence-corrected chi connectivity index (χ4v) is 3.61. The average Bonchev–Trinajstić information content (AvgIpc) is 3.29. The van der Waals surface area contributed by atoms with E-state index in [9.17, 15) is 9.59 Å². The van der Waals surface area contributed by atoms with Crippen molar-refractivity contribution in [3.05, 3.63) is 42.2 Å². The molecule has 1 fully saturated rings. The monoisotopic (exact) mass is 356 g/mol. The Bertz CT molecular complexity index is 877. The Balaban J connectivity index is 1.34. The van der Waals surface area contributed by atoms with Crippen LogP contribution < -0.4 is 5.32 Å². The average molecular weight is 356 g/mol. The van der Waals surface area contributed by atoms with Gasteiger partial charge in [-0.3, -0.25) is 9.59 Å². The van der Waals surface area contributed by atoms with Gasteiger partial charge in [0.1, 0.15) is 6.33 Å². The Kier molecular flexibility index (Phi) is 4.14. The topological polar surface area (TPSA) is 92.5 Å². The predicted octanol–water partition coefficient (Wildman–Crippen LogP) is 1.22. The van der Waals surface area contributed by atoms with Crippen LogP contribution in [0.2, 0.25) is 0 Å². The summed E-state index contributed by atoms with van der Waals surface area (Å²) in [4.78, 5) is 27.0. The minimum atomic E-state index is -0.349. The van der Waals surface area contributed by atoms with Gasteiger partial charge in [0.15, 0.2) is 0 Å². The zero-order chi connectivity index (χ0) is 17.2. The first-order valence-corrected chi connectivity index (χ1v) is 8.80. The van der Waals surface area contributed by atoms with Crippen LogP contribution in [0.5, 0.6) is 0 Å². The molecule has 1 unspecified atom stereocenters. The highest BCUT2D eigenvalue weighted by atomic mass is 32.1. The summed E-state index contributed by atoms with van der Waals surface area (Å²) < 4.78 is 1.51. The van der Waals surface area contributed by atoms with Crippen molar-refractivity contribution in [1.82, 2.24) is 24.7 Å². The van der Waals surface area contributed by atoms with E-state index in [0.29, 0.717) is 23.2 Å². The third kappa shape index (κ3) is 3.36. The number of benzene rings is 1. The van der Waals surface area contributed by atoms with E-state index in [1.54, 1.807) is 4.90 Å². The summed E-state index contributed by atoms with van der Waals surface area (Å²) in [5.41, 5.74) is 1.18. The summed E-state index contributed by atoms with van der Waals surface area (Å²) in [6.07, 6.45) is 2.51. The lowest BCUT2D eigenvalue weighted by Gasteiger charge is -2.16. The van der Waals surface area contributed by atoms with Gasteiger partial charge in [-0.1, -0.05) is 41.7 Å². The van der Waals surface area contributed by atoms with Crippen LogP contribution in [0, 0.1) is 5.92 Å². The maximum Gasteiger partial charge on any atom is 0.236 e. The van der Waals surface area contributed by atoms with Crippen molar-refractivity contribution in [2.45, 2.75) is 12.8 Å². The summed E-state index contributed by atoms with van der Waals surface area (Å²) in [6.45, 7) is 1.07. The molecule has 1 aromatic carbocycles. The largest absolute Gasteiger partial charge is 0.342 e. The summed E-state index contributed by atoms with van der Waals surface area (Å²) in [7, 11) is 0. The van der Waals surface area contributed by atoms with E-state index in [1.807, 2.05) is 30.3 Å². The number of hydrogen-bond acceptors (Lipinski definition) is 6. The molecule has 9 heteroatoms. The minimum absolute atomic E-state index is 0.0224. The standard InChI is InChI=1S/C16H16N6O2S/c23-13-8-12(9-21(13)7-6-11-4-2-1-3-5-11)14(24)18-15-20-22-10-17-19-16(22)25-15/h1-5,10,12H,6-9H2,(H,18,20,24). The molecule has 0 bridgehead atoms. The van der Waals surface area contributed by atoms with Crippen molar-refractivity contribution in [2.75, 3.05) is 18.4 Å². The molecule has 3 heterocycles. The van der Waals surface area contributed by atoms with Crippen LogP contribution >= 0.6 is 11.3 Å². The van der Waals surface area contributed by atoms with Gasteiger partial charge in [0.05, 0.1) is 5.92 Å². The van der Waals surface area contributed by atoms with Crippen LogP contribution in [0.1, 0.15) is 12.0 Å². The molecule has 8 nitrogen and oxygen atoms in total. The van der Waals surface area contributed by atoms with E-state index < -0.39 is 0 Å². The van der Waals surface area contributed by atoms with Crippen molar-refractivity contribution in [1.29, 1.82) is 0 Å². The van der Waals surface area contributed by atoms with E-state index in [2.05, 4.69) is 20.6 Å². The maximum atomic E-state index is 12.4. The van der Waals surface area contributed by atoms with E-state index in [0.717, 1.165) is 6.42 Å². The lowest BCUT2D eigenvalue weighted by Crippen LogP contribution is -2.30. The Morgan fingerprint density at radius 1 is 1.32 bits per heavy atom. The summed E-state index contributed by atoms with van der Waals surface area (Å²) >= 11 is 1.25. The number of rotatable bonds is 5. The summed E-state index contributed by atoms with van der Waals surface area (Å²) in [5, 5.41) is 15.0. The van der Waals surface area contributed by atoms with Crippen molar-refractivity contribution < 1.29 is 9.59 Å². The number of likely N-dealkylation sites (tertiary alicyclic amines) is 1. The zero-order valence-electron chi connectivity index (χ0n) is 13.3. The number of carbonyl (C=O) groups is 2. The van der Waals surface area contributed by atoms with Crippen molar-refractivity contribution in [2.24, 2.45) is 5.92 Å². The van der Waals surface area contributed by atoms with Gasteiger partial charge in [-0.15, -0.1) is 15.3 Å². The van der Waals surface area contributed by atoms with Crippen molar-refractivity contribution >= 4 is 33.2 Å². The molecule has 1 aliphatic rings. The van der Waals surface area contributed by atoms with Gasteiger partial charge in [0.25, 0.3) is 0 Å². The van der Waals surface area contributed by atoms with E-state index in [4.69, 9.17) is 0 Å². The third-order valence-corrected chi connectivity index (χ3v) is 5.04. The fraction of sp³-hybridized carbons (Fsp3) is 0.312. The summed E-state index contributed by atoms with van der Waals surface area (Å²) in [6, 6.07) is 10.0. The third-order valence-electron chi connectivity index (χ3n) is 4.22. The molecule has 4 rings (SSSR count). The SMILES string of the molecule is O=C(Nc1nn2cnnc2s1)C1CC(=O)N(CCc2ccccc2)C1. The van der Waals surface area contributed by atoms with Crippen LogP contribution in [0.4, 0.5) is 5.13 Å².